The summed E-state index contributed by atoms with van der Waals surface area (Å²) in [5.41, 5.74) is 4.01. The van der Waals surface area contributed by atoms with Crippen LogP contribution in [0.2, 0.25) is 0 Å². The summed E-state index contributed by atoms with van der Waals surface area (Å²) in [7, 11) is 0. The quantitative estimate of drug-likeness (QED) is 0.740. The molecular weight excluding hydrogens is 354 g/mol. The van der Waals surface area contributed by atoms with Gasteiger partial charge < -0.3 is 19.5 Å². The van der Waals surface area contributed by atoms with Crippen LogP contribution in [0.25, 0.3) is 11.0 Å². The summed E-state index contributed by atoms with van der Waals surface area (Å²) >= 11 is 0. The van der Waals surface area contributed by atoms with Crippen molar-refractivity contribution in [2.45, 2.75) is 6.42 Å². The summed E-state index contributed by atoms with van der Waals surface area (Å²) < 4.78 is 5.61. The molecule has 1 fully saturated rings. The van der Waals surface area contributed by atoms with Crippen molar-refractivity contribution in [3.05, 3.63) is 54.4 Å². The van der Waals surface area contributed by atoms with Gasteiger partial charge in [0, 0.05) is 26.2 Å². The molecule has 28 heavy (non-hydrogen) atoms. The van der Waals surface area contributed by atoms with Crippen LogP contribution in [0.5, 0.6) is 5.75 Å². The number of carbonyl (C=O) groups excluding carboxylic acids is 1. The maximum Gasteiger partial charge on any atom is 0.260 e. The number of fused-ring (bicyclic) bond motifs is 1. The summed E-state index contributed by atoms with van der Waals surface area (Å²) in [6.45, 7) is 2.86. The Morgan fingerprint density at radius 2 is 1.93 bits per heavy atom. The Hall–Kier alpha value is -3.53. The summed E-state index contributed by atoms with van der Waals surface area (Å²) in [6.07, 6.45) is 2.08. The molecule has 0 saturated carbocycles. The number of nitriles is 1. The number of H-pyrrole nitrogens is 1. The maximum atomic E-state index is 12.5. The standard InChI is InChI=1S/C21H21N5O2/c22-9-8-16-4-6-17(7-5-16)28-14-20(27)26-12-10-25(11-13-26)19-3-1-2-18-21(19)24-15-23-18/h1-7,15H,8,10-14H2,(H,23,24). The zero-order valence-corrected chi connectivity index (χ0v) is 15.5. The van der Waals surface area contributed by atoms with E-state index in [-0.39, 0.29) is 12.5 Å². The van der Waals surface area contributed by atoms with Crippen molar-refractivity contribution < 1.29 is 9.53 Å². The summed E-state index contributed by atoms with van der Waals surface area (Å²) in [5, 5.41) is 8.70. The normalized spacial score (nSPS) is 14.1. The topological polar surface area (TPSA) is 85.2 Å². The minimum atomic E-state index is -0.0151. The van der Waals surface area contributed by atoms with E-state index in [2.05, 4.69) is 27.0 Å². The van der Waals surface area contributed by atoms with E-state index >= 15 is 0 Å². The fraction of sp³-hybridized carbons (Fsp3) is 0.286. The molecule has 0 spiro atoms. The number of hydrogen-bond acceptors (Lipinski definition) is 5. The van der Waals surface area contributed by atoms with Crippen molar-refractivity contribution in [2.24, 2.45) is 0 Å². The lowest BCUT2D eigenvalue weighted by molar-refractivity contribution is -0.133. The lowest BCUT2D eigenvalue weighted by Crippen LogP contribution is -2.50. The number of aromatic amines is 1. The van der Waals surface area contributed by atoms with E-state index in [1.54, 1.807) is 18.5 Å². The third-order valence-corrected chi connectivity index (χ3v) is 4.97. The first-order chi connectivity index (χ1) is 13.7. The van der Waals surface area contributed by atoms with Crippen LogP contribution in [-0.2, 0) is 11.2 Å². The van der Waals surface area contributed by atoms with Crippen LogP contribution < -0.4 is 9.64 Å². The lowest BCUT2D eigenvalue weighted by atomic mass is 10.2. The zero-order chi connectivity index (χ0) is 19.3. The van der Waals surface area contributed by atoms with Gasteiger partial charge in [0.15, 0.2) is 6.61 Å². The lowest BCUT2D eigenvalue weighted by Gasteiger charge is -2.36. The molecule has 4 rings (SSSR count). The first kappa shape index (κ1) is 17.9. The predicted molar refractivity (Wildman–Crippen MR) is 106 cm³/mol. The highest BCUT2D eigenvalue weighted by molar-refractivity contribution is 5.88. The predicted octanol–water partition coefficient (Wildman–Crippen LogP) is 2.36. The highest BCUT2D eigenvalue weighted by Crippen LogP contribution is 2.25. The van der Waals surface area contributed by atoms with E-state index in [0.29, 0.717) is 25.3 Å². The largest absolute Gasteiger partial charge is 0.484 e. The number of nitrogens with one attached hydrogen (secondary N) is 1. The van der Waals surface area contributed by atoms with Crippen LogP contribution in [0.4, 0.5) is 5.69 Å². The number of carbonyl (C=O) groups is 1. The van der Waals surface area contributed by atoms with Crippen LogP contribution in [0, 0.1) is 11.3 Å². The fourth-order valence-corrected chi connectivity index (χ4v) is 3.43. The summed E-state index contributed by atoms with van der Waals surface area (Å²) in [4.78, 5) is 24.1. The van der Waals surface area contributed by atoms with Gasteiger partial charge in [0.1, 0.15) is 11.3 Å². The molecule has 7 nitrogen and oxygen atoms in total. The number of piperazine rings is 1. The Kier molecular flexibility index (Phi) is 5.11. The van der Waals surface area contributed by atoms with Crippen LogP contribution in [0.15, 0.2) is 48.8 Å². The SMILES string of the molecule is N#CCc1ccc(OCC(=O)N2CCN(c3cccc4[nH]cnc34)CC2)cc1. The van der Waals surface area contributed by atoms with Crippen molar-refractivity contribution in [2.75, 3.05) is 37.7 Å². The minimum absolute atomic E-state index is 0.0151. The van der Waals surface area contributed by atoms with Crippen molar-refractivity contribution in [3.8, 4) is 11.8 Å². The van der Waals surface area contributed by atoms with Gasteiger partial charge in [0.05, 0.1) is 30.0 Å². The molecule has 0 atom stereocenters. The molecule has 1 saturated heterocycles. The highest BCUT2D eigenvalue weighted by Gasteiger charge is 2.23. The van der Waals surface area contributed by atoms with Gasteiger partial charge in [0.25, 0.3) is 5.91 Å². The number of ether oxygens (including phenoxy) is 1. The monoisotopic (exact) mass is 375 g/mol. The number of para-hydroxylation sites is 1. The molecular formula is C21H21N5O2. The molecule has 0 unspecified atom stereocenters. The maximum absolute atomic E-state index is 12.5. The van der Waals surface area contributed by atoms with Gasteiger partial charge in [-0.1, -0.05) is 18.2 Å². The second kappa shape index (κ2) is 8.01. The molecule has 1 aromatic heterocycles. The van der Waals surface area contributed by atoms with Crippen LogP contribution in [-0.4, -0.2) is 53.6 Å². The van der Waals surface area contributed by atoms with Crippen LogP contribution >= 0.6 is 0 Å². The van der Waals surface area contributed by atoms with Crippen molar-refractivity contribution in [1.29, 1.82) is 5.26 Å². The zero-order valence-electron chi connectivity index (χ0n) is 15.5. The number of hydrogen-bond donors (Lipinski definition) is 1. The molecule has 142 valence electrons. The third-order valence-electron chi connectivity index (χ3n) is 4.97. The highest BCUT2D eigenvalue weighted by atomic mass is 16.5. The summed E-state index contributed by atoms with van der Waals surface area (Å²) in [6, 6.07) is 15.5. The van der Waals surface area contributed by atoms with Gasteiger partial charge in [-0.25, -0.2) is 4.98 Å². The molecule has 3 aromatic rings. The number of aromatic nitrogens is 2. The molecule has 1 aliphatic heterocycles. The first-order valence-electron chi connectivity index (χ1n) is 9.28. The Labute approximate surface area is 163 Å². The number of benzene rings is 2. The van der Waals surface area contributed by atoms with Gasteiger partial charge in [0.2, 0.25) is 0 Å². The first-order valence-corrected chi connectivity index (χ1v) is 9.28. The van der Waals surface area contributed by atoms with Gasteiger partial charge in [-0.15, -0.1) is 0 Å². The van der Waals surface area contributed by atoms with Crippen molar-refractivity contribution in [3.63, 3.8) is 0 Å². The van der Waals surface area contributed by atoms with E-state index in [1.165, 1.54) is 0 Å². The molecule has 7 heteroatoms. The minimum Gasteiger partial charge on any atom is -0.484 e. The molecule has 0 bridgehead atoms. The Morgan fingerprint density at radius 1 is 1.14 bits per heavy atom. The van der Waals surface area contributed by atoms with Gasteiger partial charge in [-0.05, 0) is 29.8 Å². The van der Waals surface area contributed by atoms with Gasteiger partial charge in [-0.3, -0.25) is 4.79 Å². The molecule has 0 radical (unpaired) electrons. The molecule has 1 N–H and O–H groups in total. The number of anilines is 1. The van der Waals surface area contributed by atoms with Crippen LogP contribution in [0.3, 0.4) is 0 Å². The average Bonchev–Trinajstić information content (AvgIpc) is 3.22. The summed E-state index contributed by atoms with van der Waals surface area (Å²) in [5.74, 6) is 0.623. The van der Waals surface area contributed by atoms with E-state index in [9.17, 15) is 4.79 Å². The van der Waals surface area contributed by atoms with E-state index < -0.39 is 0 Å². The molecule has 1 aliphatic rings. The molecule has 2 heterocycles. The smallest absolute Gasteiger partial charge is 0.260 e. The van der Waals surface area contributed by atoms with E-state index in [1.807, 2.05) is 29.2 Å². The Bertz CT molecular complexity index is 998. The van der Waals surface area contributed by atoms with Gasteiger partial charge in [-0.2, -0.15) is 5.26 Å². The average molecular weight is 375 g/mol. The molecule has 0 aliphatic carbocycles. The number of nitrogens with zero attached hydrogens (tertiary/aromatic N) is 4. The Morgan fingerprint density at radius 3 is 2.68 bits per heavy atom. The third kappa shape index (κ3) is 3.76. The molecule has 1 amide bonds. The van der Waals surface area contributed by atoms with E-state index in [0.717, 1.165) is 35.4 Å². The van der Waals surface area contributed by atoms with Crippen molar-refractivity contribution >= 4 is 22.6 Å². The van der Waals surface area contributed by atoms with Crippen LogP contribution in [0.1, 0.15) is 5.56 Å². The Balaban J connectivity index is 1.30. The second-order valence-corrected chi connectivity index (χ2v) is 6.71. The van der Waals surface area contributed by atoms with Gasteiger partial charge >= 0.3 is 0 Å². The number of imidazole rings is 1. The number of rotatable bonds is 5. The fourth-order valence-electron chi connectivity index (χ4n) is 3.43. The van der Waals surface area contributed by atoms with E-state index in [4.69, 9.17) is 10.00 Å². The van der Waals surface area contributed by atoms with Crippen molar-refractivity contribution in [1.82, 2.24) is 14.9 Å². The number of amides is 1. The second-order valence-electron chi connectivity index (χ2n) is 6.71. The molecule has 2 aromatic carbocycles.